The third-order valence-electron chi connectivity index (χ3n) is 0.926. The quantitative estimate of drug-likeness (QED) is 0.297. The SMILES string of the molecule is [N-]=[N+]=N[Se]c1ccccc1. The molecule has 0 fully saturated rings. The van der Waals surface area contributed by atoms with Gasteiger partial charge >= 0.3 is 64.5 Å². The fraction of sp³-hybridized carbons (Fsp3) is 0. The second-order valence-corrected chi connectivity index (χ2v) is 3.29. The van der Waals surface area contributed by atoms with Gasteiger partial charge in [-0.15, -0.1) is 0 Å². The Morgan fingerprint density at radius 3 is 2.60 bits per heavy atom. The predicted octanol–water partition coefficient (Wildman–Crippen LogP) is 1.24. The van der Waals surface area contributed by atoms with E-state index in [0.717, 1.165) is 4.46 Å². The summed E-state index contributed by atoms with van der Waals surface area (Å²) in [6.07, 6.45) is 0. The molecule has 0 spiro atoms. The Labute approximate surface area is 65.1 Å². The van der Waals surface area contributed by atoms with E-state index >= 15 is 0 Å². The Morgan fingerprint density at radius 1 is 1.30 bits per heavy atom. The van der Waals surface area contributed by atoms with Crippen LogP contribution in [0, 0.1) is 0 Å². The summed E-state index contributed by atoms with van der Waals surface area (Å²) < 4.78 is 4.59. The van der Waals surface area contributed by atoms with Crippen LogP contribution in [0.25, 0.3) is 10.4 Å². The molecular formula is C6H5N3Se. The molecule has 0 aromatic heterocycles. The molecule has 3 nitrogen and oxygen atoms in total. The van der Waals surface area contributed by atoms with Gasteiger partial charge in [0.25, 0.3) is 0 Å². The van der Waals surface area contributed by atoms with Gasteiger partial charge in [-0.1, -0.05) is 0 Å². The number of nitrogens with zero attached hydrogens (tertiary/aromatic N) is 3. The predicted molar refractivity (Wildman–Crippen MR) is 41.0 cm³/mol. The van der Waals surface area contributed by atoms with Crippen molar-refractivity contribution in [2.75, 3.05) is 0 Å². The van der Waals surface area contributed by atoms with E-state index in [0.29, 0.717) is 0 Å². The zero-order valence-corrected chi connectivity index (χ0v) is 6.85. The summed E-state index contributed by atoms with van der Waals surface area (Å²) in [6.45, 7) is 0. The van der Waals surface area contributed by atoms with Crippen molar-refractivity contribution in [2.24, 2.45) is 4.13 Å². The summed E-state index contributed by atoms with van der Waals surface area (Å²) in [5.74, 6) is 0. The number of azide groups is 1. The van der Waals surface area contributed by atoms with Gasteiger partial charge < -0.3 is 0 Å². The molecule has 0 radical (unpaired) electrons. The second-order valence-electron chi connectivity index (χ2n) is 1.58. The Bertz CT molecular complexity index is 240. The van der Waals surface area contributed by atoms with Gasteiger partial charge in [-0.2, -0.15) is 0 Å². The van der Waals surface area contributed by atoms with E-state index in [9.17, 15) is 0 Å². The van der Waals surface area contributed by atoms with E-state index in [1.165, 1.54) is 0 Å². The first-order valence-corrected chi connectivity index (χ1v) is 4.32. The molecule has 10 heavy (non-hydrogen) atoms. The fourth-order valence-corrected chi connectivity index (χ4v) is 1.41. The number of hydrogen-bond donors (Lipinski definition) is 0. The number of benzene rings is 1. The normalized spacial score (nSPS) is 8.40. The maximum atomic E-state index is 8.00. The summed E-state index contributed by atoms with van der Waals surface area (Å²) in [5, 5.41) is 0. The molecule has 0 saturated carbocycles. The van der Waals surface area contributed by atoms with Crippen LogP contribution in [-0.2, 0) is 0 Å². The van der Waals surface area contributed by atoms with Gasteiger partial charge in [0.05, 0.1) is 0 Å². The van der Waals surface area contributed by atoms with E-state index in [1.807, 2.05) is 30.3 Å². The third kappa shape index (κ3) is 2.11. The van der Waals surface area contributed by atoms with Gasteiger partial charge in [-0.3, -0.25) is 0 Å². The van der Waals surface area contributed by atoms with Crippen LogP contribution in [0.3, 0.4) is 0 Å². The molecule has 0 N–H and O–H groups in total. The minimum absolute atomic E-state index is 0.0734. The molecule has 0 atom stereocenters. The van der Waals surface area contributed by atoms with E-state index < -0.39 is 0 Å². The first-order valence-electron chi connectivity index (χ1n) is 2.70. The van der Waals surface area contributed by atoms with Crippen molar-refractivity contribution in [3.8, 4) is 0 Å². The molecule has 50 valence electrons. The Kier molecular flexibility index (Phi) is 2.84. The molecule has 1 aromatic rings. The molecular weight excluding hydrogens is 193 g/mol. The van der Waals surface area contributed by atoms with E-state index in [2.05, 4.69) is 9.04 Å². The number of rotatable bonds is 2. The van der Waals surface area contributed by atoms with Crippen molar-refractivity contribution in [1.82, 2.24) is 0 Å². The van der Waals surface area contributed by atoms with Gasteiger partial charge in [0.2, 0.25) is 0 Å². The standard InChI is InChI=1S/C6H5N3Se/c7-8-9-10-6-4-2-1-3-5-6/h1-5H. The van der Waals surface area contributed by atoms with Crippen molar-refractivity contribution >= 4 is 19.6 Å². The van der Waals surface area contributed by atoms with Gasteiger partial charge in [0.15, 0.2) is 0 Å². The van der Waals surface area contributed by atoms with Crippen molar-refractivity contribution < 1.29 is 0 Å². The summed E-state index contributed by atoms with van der Waals surface area (Å²) in [6, 6.07) is 9.72. The third-order valence-corrected chi connectivity index (χ3v) is 2.26. The fourth-order valence-electron chi connectivity index (χ4n) is 0.547. The van der Waals surface area contributed by atoms with Crippen LogP contribution >= 0.6 is 0 Å². The zero-order valence-electron chi connectivity index (χ0n) is 5.14. The minimum atomic E-state index is -0.0734. The first-order chi connectivity index (χ1) is 4.93. The molecule has 0 aliphatic heterocycles. The second kappa shape index (κ2) is 3.96. The van der Waals surface area contributed by atoms with E-state index in [-0.39, 0.29) is 15.2 Å². The van der Waals surface area contributed by atoms with Gasteiger partial charge in [0, 0.05) is 0 Å². The van der Waals surface area contributed by atoms with E-state index in [4.69, 9.17) is 5.53 Å². The zero-order chi connectivity index (χ0) is 7.23. The average Bonchev–Trinajstić information content (AvgIpc) is 2.03. The molecule has 0 heterocycles. The van der Waals surface area contributed by atoms with Crippen LogP contribution in [0.15, 0.2) is 34.5 Å². The molecule has 0 aliphatic rings. The Balaban J connectivity index is 2.67. The van der Waals surface area contributed by atoms with Crippen molar-refractivity contribution in [1.29, 1.82) is 0 Å². The van der Waals surface area contributed by atoms with Crippen molar-refractivity contribution in [3.63, 3.8) is 0 Å². The Hall–Kier alpha value is -0.951. The molecule has 0 bridgehead atoms. The summed E-state index contributed by atoms with van der Waals surface area (Å²) in [4.78, 5) is 2.68. The molecule has 1 rings (SSSR count). The van der Waals surface area contributed by atoms with Crippen LogP contribution in [0.2, 0.25) is 0 Å². The van der Waals surface area contributed by atoms with Crippen LogP contribution in [-0.4, -0.2) is 15.2 Å². The van der Waals surface area contributed by atoms with Gasteiger partial charge in [0.1, 0.15) is 0 Å². The van der Waals surface area contributed by atoms with Crippen LogP contribution in [0.1, 0.15) is 0 Å². The molecule has 0 unspecified atom stereocenters. The first kappa shape index (κ1) is 7.16. The van der Waals surface area contributed by atoms with Crippen molar-refractivity contribution in [2.45, 2.75) is 0 Å². The molecule has 0 saturated heterocycles. The maximum absolute atomic E-state index is 8.00. The van der Waals surface area contributed by atoms with Gasteiger partial charge in [-0.25, -0.2) is 0 Å². The van der Waals surface area contributed by atoms with Gasteiger partial charge in [-0.05, 0) is 0 Å². The van der Waals surface area contributed by atoms with E-state index in [1.54, 1.807) is 0 Å². The molecule has 0 amide bonds. The van der Waals surface area contributed by atoms with Crippen LogP contribution in [0.5, 0.6) is 0 Å². The Morgan fingerprint density at radius 2 is 2.00 bits per heavy atom. The average molecular weight is 198 g/mol. The molecule has 4 heteroatoms. The topological polar surface area (TPSA) is 48.8 Å². The molecule has 0 aliphatic carbocycles. The summed E-state index contributed by atoms with van der Waals surface area (Å²) in [5.41, 5.74) is 8.00. The molecule has 1 aromatic carbocycles. The van der Waals surface area contributed by atoms with Crippen LogP contribution < -0.4 is 4.46 Å². The monoisotopic (exact) mass is 199 g/mol. The van der Waals surface area contributed by atoms with Crippen molar-refractivity contribution in [3.05, 3.63) is 40.8 Å². The number of hydrogen-bond acceptors (Lipinski definition) is 1. The summed E-state index contributed by atoms with van der Waals surface area (Å²) >= 11 is -0.0734. The summed E-state index contributed by atoms with van der Waals surface area (Å²) in [7, 11) is 0. The van der Waals surface area contributed by atoms with Crippen LogP contribution in [0.4, 0.5) is 0 Å².